The number of hydrogen-bond donors (Lipinski definition) is 0. The summed E-state index contributed by atoms with van der Waals surface area (Å²) < 4.78 is 10.1. The van der Waals surface area contributed by atoms with E-state index in [0.29, 0.717) is 0 Å². The number of para-hydroxylation sites is 1. The van der Waals surface area contributed by atoms with Gasteiger partial charge in [-0.1, -0.05) is 12.1 Å². The molecular weight excluding hydrogens is 212 g/mol. The van der Waals surface area contributed by atoms with E-state index in [2.05, 4.69) is 0 Å². The van der Waals surface area contributed by atoms with Crippen LogP contribution in [0.3, 0.4) is 0 Å². The van der Waals surface area contributed by atoms with Crippen molar-refractivity contribution in [3.63, 3.8) is 0 Å². The van der Waals surface area contributed by atoms with Gasteiger partial charge < -0.3 is 9.47 Å². The molecule has 0 radical (unpaired) electrons. The number of hydrogen-bond acceptors (Lipinski definition) is 4. The number of ketones is 1. The van der Waals surface area contributed by atoms with E-state index < -0.39 is 0 Å². The Balaban J connectivity index is 2.53. The molecule has 3 nitrogen and oxygen atoms in total. The van der Waals surface area contributed by atoms with Crippen LogP contribution < -0.4 is 4.74 Å². The van der Waals surface area contributed by atoms with E-state index in [1.165, 1.54) is 7.11 Å². The largest absolute Gasteiger partial charge is 0.485 e. The normalized spacial score (nSPS) is 10.0. The van der Waals surface area contributed by atoms with Gasteiger partial charge in [0.2, 0.25) is 0 Å². The fourth-order valence-corrected chi connectivity index (χ4v) is 1.64. The van der Waals surface area contributed by atoms with Crippen LogP contribution in [0, 0.1) is 0 Å². The summed E-state index contributed by atoms with van der Waals surface area (Å²) in [5.41, 5.74) is 0. The van der Waals surface area contributed by atoms with E-state index in [0.717, 1.165) is 10.6 Å². The van der Waals surface area contributed by atoms with Gasteiger partial charge in [0, 0.05) is 12.0 Å². The molecule has 0 amide bonds. The first kappa shape index (κ1) is 12.1. The van der Waals surface area contributed by atoms with Gasteiger partial charge in [0.1, 0.15) is 19.0 Å². The van der Waals surface area contributed by atoms with Gasteiger partial charge in [0.05, 0.1) is 0 Å². The summed E-state index contributed by atoms with van der Waals surface area (Å²) in [6.45, 7) is 0.160. The van der Waals surface area contributed by atoms with Gasteiger partial charge in [-0.25, -0.2) is 0 Å². The molecule has 0 aromatic heterocycles. The minimum absolute atomic E-state index is 0.0609. The quantitative estimate of drug-likeness (QED) is 0.695. The lowest BCUT2D eigenvalue weighted by Crippen LogP contribution is -2.16. The molecule has 0 aliphatic carbocycles. The summed E-state index contributed by atoms with van der Waals surface area (Å²) in [6, 6.07) is 7.64. The Morgan fingerprint density at radius 3 is 2.73 bits per heavy atom. The Bertz CT molecular complexity index is 325. The van der Waals surface area contributed by atoms with Gasteiger partial charge in [-0.15, -0.1) is 11.8 Å². The zero-order valence-electron chi connectivity index (χ0n) is 8.86. The molecule has 1 aromatic rings. The second-order valence-electron chi connectivity index (χ2n) is 2.91. The minimum atomic E-state index is -0.0617. The molecule has 0 spiro atoms. The summed E-state index contributed by atoms with van der Waals surface area (Å²) in [6.07, 6.45) is 1.97. The average molecular weight is 226 g/mol. The Morgan fingerprint density at radius 1 is 1.33 bits per heavy atom. The molecule has 0 fully saturated rings. The summed E-state index contributed by atoms with van der Waals surface area (Å²) in [7, 11) is 1.49. The summed E-state index contributed by atoms with van der Waals surface area (Å²) in [5.74, 6) is 0.683. The summed E-state index contributed by atoms with van der Waals surface area (Å²) in [5, 5.41) is 0. The maximum Gasteiger partial charge on any atom is 0.195 e. The molecule has 0 saturated heterocycles. The van der Waals surface area contributed by atoms with Crippen LogP contribution in [-0.4, -0.2) is 32.4 Å². The Kier molecular flexibility index (Phi) is 5.21. The highest BCUT2D eigenvalue weighted by molar-refractivity contribution is 7.98. The maximum absolute atomic E-state index is 11.2. The molecule has 0 aliphatic rings. The average Bonchev–Trinajstić information content (AvgIpc) is 2.27. The van der Waals surface area contributed by atoms with E-state index >= 15 is 0 Å². The number of ether oxygens (including phenoxy) is 2. The van der Waals surface area contributed by atoms with Crippen molar-refractivity contribution in [3.8, 4) is 5.75 Å². The molecule has 0 unspecified atom stereocenters. The van der Waals surface area contributed by atoms with E-state index in [-0.39, 0.29) is 19.0 Å². The van der Waals surface area contributed by atoms with Gasteiger partial charge in [0.25, 0.3) is 0 Å². The van der Waals surface area contributed by atoms with Crippen LogP contribution in [0.2, 0.25) is 0 Å². The van der Waals surface area contributed by atoms with Gasteiger partial charge in [-0.2, -0.15) is 0 Å². The number of carbonyl (C=O) groups is 1. The van der Waals surface area contributed by atoms with Gasteiger partial charge in [0.15, 0.2) is 5.78 Å². The van der Waals surface area contributed by atoms with Crippen LogP contribution >= 0.6 is 11.8 Å². The molecule has 15 heavy (non-hydrogen) atoms. The zero-order valence-corrected chi connectivity index (χ0v) is 9.67. The van der Waals surface area contributed by atoms with Gasteiger partial charge >= 0.3 is 0 Å². The van der Waals surface area contributed by atoms with E-state index in [1.54, 1.807) is 11.8 Å². The van der Waals surface area contributed by atoms with Crippen LogP contribution in [0.1, 0.15) is 0 Å². The number of methoxy groups -OCH3 is 1. The maximum atomic E-state index is 11.2. The molecule has 4 heteroatoms. The Hall–Kier alpha value is -1.00. The lowest BCUT2D eigenvalue weighted by Gasteiger charge is -2.08. The molecule has 1 aromatic carbocycles. The predicted octanol–water partition coefficient (Wildman–Crippen LogP) is 2.00. The first-order chi connectivity index (χ1) is 7.27. The van der Waals surface area contributed by atoms with Crippen molar-refractivity contribution in [1.29, 1.82) is 0 Å². The lowest BCUT2D eigenvalue weighted by atomic mass is 10.3. The number of rotatable bonds is 6. The van der Waals surface area contributed by atoms with Crippen molar-refractivity contribution in [1.82, 2.24) is 0 Å². The first-order valence-electron chi connectivity index (χ1n) is 4.54. The third-order valence-corrected chi connectivity index (χ3v) is 2.54. The van der Waals surface area contributed by atoms with Crippen molar-refractivity contribution in [2.24, 2.45) is 0 Å². The van der Waals surface area contributed by atoms with Crippen molar-refractivity contribution in [2.75, 3.05) is 26.6 Å². The third-order valence-electron chi connectivity index (χ3n) is 1.76. The van der Waals surface area contributed by atoms with Crippen molar-refractivity contribution in [2.45, 2.75) is 4.90 Å². The van der Waals surface area contributed by atoms with E-state index in [1.807, 2.05) is 30.5 Å². The minimum Gasteiger partial charge on any atom is -0.485 e. The summed E-state index contributed by atoms with van der Waals surface area (Å²) in [4.78, 5) is 12.2. The SMILES string of the molecule is COCC(=O)COc1ccccc1SC. The van der Waals surface area contributed by atoms with Gasteiger partial charge in [-0.05, 0) is 18.4 Å². The fraction of sp³-hybridized carbons (Fsp3) is 0.364. The van der Waals surface area contributed by atoms with Crippen molar-refractivity contribution < 1.29 is 14.3 Å². The van der Waals surface area contributed by atoms with Crippen molar-refractivity contribution >= 4 is 17.5 Å². The number of carbonyl (C=O) groups excluding carboxylic acids is 1. The molecule has 0 heterocycles. The van der Waals surface area contributed by atoms with E-state index in [4.69, 9.17) is 9.47 Å². The van der Waals surface area contributed by atoms with Gasteiger partial charge in [-0.3, -0.25) is 4.79 Å². The van der Waals surface area contributed by atoms with Crippen LogP contribution in [0.5, 0.6) is 5.75 Å². The zero-order chi connectivity index (χ0) is 11.1. The Labute approximate surface area is 93.8 Å². The fourth-order valence-electron chi connectivity index (χ4n) is 1.10. The molecule has 0 saturated carbocycles. The van der Waals surface area contributed by atoms with Crippen molar-refractivity contribution in [3.05, 3.63) is 24.3 Å². The van der Waals surface area contributed by atoms with E-state index in [9.17, 15) is 4.79 Å². The Morgan fingerprint density at radius 2 is 2.07 bits per heavy atom. The smallest absolute Gasteiger partial charge is 0.195 e. The topological polar surface area (TPSA) is 35.5 Å². The molecule has 0 N–H and O–H groups in total. The molecule has 82 valence electrons. The molecule has 1 rings (SSSR count). The summed E-state index contributed by atoms with van der Waals surface area (Å²) >= 11 is 1.59. The standard InChI is InChI=1S/C11H14O3S/c1-13-7-9(12)8-14-10-5-3-4-6-11(10)15-2/h3-6H,7-8H2,1-2H3. The first-order valence-corrected chi connectivity index (χ1v) is 5.77. The number of benzene rings is 1. The van der Waals surface area contributed by atoms with Crippen LogP contribution in [0.15, 0.2) is 29.2 Å². The predicted molar refractivity (Wildman–Crippen MR) is 60.6 cm³/mol. The number of thioether (sulfide) groups is 1. The van der Waals surface area contributed by atoms with Crippen LogP contribution in [0.25, 0.3) is 0 Å². The molecule has 0 bridgehead atoms. The molecular formula is C11H14O3S. The lowest BCUT2D eigenvalue weighted by molar-refractivity contribution is -0.124. The molecule has 0 aliphatic heterocycles. The highest BCUT2D eigenvalue weighted by Crippen LogP contribution is 2.26. The van der Waals surface area contributed by atoms with Crippen LogP contribution in [-0.2, 0) is 9.53 Å². The monoisotopic (exact) mass is 226 g/mol. The van der Waals surface area contributed by atoms with Crippen LogP contribution in [0.4, 0.5) is 0 Å². The third kappa shape index (κ3) is 3.93. The number of Topliss-reactive ketones (excluding diaryl/α,β-unsaturated/α-hetero) is 1. The highest BCUT2D eigenvalue weighted by atomic mass is 32.2. The highest BCUT2D eigenvalue weighted by Gasteiger charge is 2.05. The molecule has 0 atom stereocenters. The second-order valence-corrected chi connectivity index (χ2v) is 3.76. The second kappa shape index (κ2) is 6.48.